The molecule has 32 heavy (non-hydrogen) atoms. The molecular formula is C27H26N2O2S. The number of allylic oxidation sites excluding steroid dienone is 1. The maximum Gasteiger partial charge on any atom is 0.168 e. The number of rotatable bonds is 7. The summed E-state index contributed by atoms with van der Waals surface area (Å²) in [4.78, 5) is 13.8. The number of carbonyl (C=O) groups is 1. The number of nitrogens with one attached hydrogen (secondary N) is 2. The van der Waals surface area contributed by atoms with Gasteiger partial charge in [0.05, 0.1) is 12.7 Å². The lowest BCUT2D eigenvalue weighted by Gasteiger charge is -2.28. The molecule has 162 valence electrons. The molecule has 3 aromatic carbocycles. The van der Waals surface area contributed by atoms with E-state index in [-0.39, 0.29) is 11.7 Å². The molecule has 0 heterocycles. The van der Waals surface area contributed by atoms with Gasteiger partial charge in [-0.15, -0.1) is 0 Å². The number of ketones is 1. The Morgan fingerprint density at radius 3 is 2.25 bits per heavy atom. The molecule has 1 aliphatic carbocycles. The average molecular weight is 443 g/mol. The number of thiocarbonyl (C=S) groups is 1. The zero-order valence-corrected chi connectivity index (χ0v) is 18.8. The molecular weight excluding hydrogens is 416 g/mol. The second-order valence-corrected chi connectivity index (χ2v) is 8.22. The summed E-state index contributed by atoms with van der Waals surface area (Å²) in [5.74, 6) is 0.957. The van der Waals surface area contributed by atoms with E-state index in [0.717, 1.165) is 34.7 Å². The number of para-hydroxylation sites is 1. The first-order valence-corrected chi connectivity index (χ1v) is 11.1. The summed E-state index contributed by atoms with van der Waals surface area (Å²) in [5.41, 5.74) is 4.63. The fraction of sp³-hybridized carbons (Fsp3) is 0.185. The minimum atomic E-state index is 0.0565. The van der Waals surface area contributed by atoms with E-state index in [1.165, 1.54) is 0 Å². The van der Waals surface area contributed by atoms with Crippen LogP contribution in [0.2, 0.25) is 0 Å². The van der Waals surface area contributed by atoms with E-state index in [9.17, 15) is 4.79 Å². The van der Waals surface area contributed by atoms with E-state index < -0.39 is 0 Å². The van der Waals surface area contributed by atoms with Crippen LogP contribution in [-0.2, 0) is 11.3 Å². The summed E-state index contributed by atoms with van der Waals surface area (Å²) in [5, 5.41) is 6.75. The van der Waals surface area contributed by atoms with E-state index in [2.05, 4.69) is 22.8 Å². The van der Waals surface area contributed by atoms with Crippen LogP contribution in [0.1, 0.15) is 29.9 Å². The van der Waals surface area contributed by atoms with E-state index in [1.807, 2.05) is 72.8 Å². The summed E-state index contributed by atoms with van der Waals surface area (Å²) < 4.78 is 5.28. The van der Waals surface area contributed by atoms with Crippen molar-refractivity contribution < 1.29 is 9.53 Å². The number of hydrogen-bond acceptors (Lipinski definition) is 4. The van der Waals surface area contributed by atoms with Crippen LogP contribution in [0.15, 0.2) is 96.2 Å². The molecule has 0 saturated heterocycles. The van der Waals surface area contributed by atoms with Crippen LogP contribution < -0.4 is 15.4 Å². The maximum absolute atomic E-state index is 13.3. The molecule has 4 rings (SSSR count). The van der Waals surface area contributed by atoms with Crippen molar-refractivity contribution in [3.05, 3.63) is 107 Å². The molecule has 0 aliphatic heterocycles. The van der Waals surface area contributed by atoms with Gasteiger partial charge in [-0.3, -0.25) is 4.79 Å². The van der Waals surface area contributed by atoms with Crippen LogP contribution in [0.5, 0.6) is 5.75 Å². The molecule has 5 heteroatoms. The van der Waals surface area contributed by atoms with Crippen LogP contribution in [0.25, 0.3) is 0 Å². The normalized spacial score (nSPS) is 15.9. The third kappa shape index (κ3) is 5.24. The van der Waals surface area contributed by atoms with Gasteiger partial charge in [0.15, 0.2) is 5.78 Å². The molecule has 0 aromatic heterocycles. The number of benzene rings is 3. The second kappa shape index (κ2) is 10.2. The Kier molecular flexibility index (Phi) is 6.97. The summed E-state index contributed by atoms with van der Waals surface area (Å²) >= 11 is 5.68. The number of carbonyl (C=O) groups excluding carboxylic acids is 1. The zero-order valence-electron chi connectivity index (χ0n) is 18.0. The van der Waals surface area contributed by atoms with Crippen molar-refractivity contribution in [3.63, 3.8) is 0 Å². The highest BCUT2D eigenvalue weighted by molar-refractivity contribution is 7.81. The number of Topliss-reactive ketones (excluding diaryl/α,β-unsaturated/α-hetero) is 1. The predicted molar refractivity (Wildman–Crippen MR) is 133 cm³/mol. The van der Waals surface area contributed by atoms with Crippen molar-refractivity contribution in [1.82, 2.24) is 5.32 Å². The third-order valence-corrected chi connectivity index (χ3v) is 5.96. The van der Waals surface area contributed by atoms with E-state index >= 15 is 0 Å². The van der Waals surface area contributed by atoms with Crippen LogP contribution in [0.4, 0.5) is 5.69 Å². The number of methoxy groups -OCH3 is 1. The Morgan fingerprint density at radius 1 is 0.938 bits per heavy atom. The van der Waals surface area contributed by atoms with Crippen LogP contribution >= 0.6 is 12.2 Å². The summed E-state index contributed by atoms with van der Waals surface area (Å²) in [6, 6.07) is 27.8. The van der Waals surface area contributed by atoms with Gasteiger partial charge < -0.3 is 15.4 Å². The van der Waals surface area contributed by atoms with Crippen molar-refractivity contribution in [1.29, 1.82) is 0 Å². The minimum Gasteiger partial charge on any atom is -0.497 e. The zero-order chi connectivity index (χ0) is 22.3. The molecule has 0 fully saturated rings. The molecule has 0 unspecified atom stereocenters. The Morgan fingerprint density at radius 2 is 1.59 bits per heavy atom. The number of hydrogen-bond donors (Lipinski definition) is 2. The van der Waals surface area contributed by atoms with Crippen LogP contribution in [0.3, 0.4) is 0 Å². The molecule has 0 amide bonds. The highest BCUT2D eigenvalue weighted by Gasteiger charge is 2.31. The quantitative estimate of drug-likeness (QED) is 0.465. The van der Waals surface area contributed by atoms with Crippen molar-refractivity contribution in [2.45, 2.75) is 25.3 Å². The van der Waals surface area contributed by atoms with Crippen LogP contribution in [-0.4, -0.2) is 17.9 Å². The van der Waals surface area contributed by atoms with E-state index in [4.69, 9.17) is 17.0 Å². The lowest BCUT2D eigenvalue weighted by atomic mass is 9.81. The largest absolute Gasteiger partial charge is 0.497 e. The molecule has 0 radical (unpaired) electrons. The van der Waals surface area contributed by atoms with Gasteiger partial charge >= 0.3 is 0 Å². The van der Waals surface area contributed by atoms with Gasteiger partial charge in [0.1, 0.15) is 10.7 Å². The Balaban J connectivity index is 1.61. The van der Waals surface area contributed by atoms with Crippen molar-refractivity contribution >= 4 is 28.7 Å². The minimum absolute atomic E-state index is 0.0565. The second-order valence-electron chi connectivity index (χ2n) is 7.81. The van der Waals surface area contributed by atoms with Crippen molar-refractivity contribution in [2.24, 2.45) is 0 Å². The standard InChI is InChI=1S/C27H26N2O2S/c1-31-23-14-12-20(13-15-23)21-16-24(28-18-19-8-4-2-5-9-19)26(25(30)17-21)27(32)29-22-10-6-3-7-11-22/h2-15,21,28H,16-18H2,1H3,(H,29,32)/t21-/m0/s1. The van der Waals surface area contributed by atoms with Gasteiger partial charge in [0.25, 0.3) is 0 Å². The highest BCUT2D eigenvalue weighted by Crippen LogP contribution is 2.35. The van der Waals surface area contributed by atoms with E-state index in [1.54, 1.807) is 7.11 Å². The molecule has 1 aliphatic rings. The first kappa shape index (κ1) is 21.8. The SMILES string of the molecule is COc1ccc([C@@H]2CC(=O)C(C(=S)Nc3ccccc3)=C(NCc3ccccc3)C2)cc1. The van der Waals surface area contributed by atoms with Gasteiger partial charge in [0, 0.05) is 24.4 Å². The molecule has 0 bridgehead atoms. The monoisotopic (exact) mass is 442 g/mol. The molecule has 0 spiro atoms. The number of anilines is 1. The fourth-order valence-electron chi connectivity index (χ4n) is 3.97. The first-order chi connectivity index (χ1) is 15.6. The third-order valence-electron chi connectivity index (χ3n) is 5.66. The smallest absolute Gasteiger partial charge is 0.168 e. The van der Waals surface area contributed by atoms with Gasteiger partial charge in [-0.1, -0.05) is 72.9 Å². The molecule has 3 aromatic rings. The Bertz CT molecular complexity index is 1110. The van der Waals surface area contributed by atoms with Crippen molar-refractivity contribution in [2.75, 3.05) is 12.4 Å². The molecule has 0 saturated carbocycles. The molecule has 4 nitrogen and oxygen atoms in total. The van der Waals surface area contributed by atoms with Gasteiger partial charge in [0.2, 0.25) is 0 Å². The Labute approximate surface area is 194 Å². The van der Waals surface area contributed by atoms with Gasteiger partial charge in [-0.2, -0.15) is 0 Å². The maximum atomic E-state index is 13.3. The highest BCUT2D eigenvalue weighted by atomic mass is 32.1. The summed E-state index contributed by atoms with van der Waals surface area (Å²) in [6.07, 6.45) is 1.14. The van der Waals surface area contributed by atoms with E-state index in [0.29, 0.717) is 23.5 Å². The fourth-order valence-corrected chi connectivity index (χ4v) is 4.33. The summed E-state index contributed by atoms with van der Waals surface area (Å²) in [6.45, 7) is 0.635. The summed E-state index contributed by atoms with van der Waals surface area (Å²) in [7, 11) is 1.65. The first-order valence-electron chi connectivity index (χ1n) is 10.7. The van der Waals surface area contributed by atoms with Crippen molar-refractivity contribution in [3.8, 4) is 5.75 Å². The average Bonchev–Trinajstić information content (AvgIpc) is 2.83. The lowest BCUT2D eigenvalue weighted by molar-refractivity contribution is -0.115. The predicted octanol–water partition coefficient (Wildman–Crippen LogP) is 5.63. The van der Waals surface area contributed by atoms with Gasteiger partial charge in [-0.05, 0) is 47.7 Å². The molecule has 1 atom stereocenters. The molecule has 2 N–H and O–H groups in total. The topological polar surface area (TPSA) is 50.4 Å². The lowest BCUT2D eigenvalue weighted by Crippen LogP contribution is -2.31. The van der Waals surface area contributed by atoms with Gasteiger partial charge in [-0.25, -0.2) is 0 Å². The Hall–Kier alpha value is -3.44. The van der Waals surface area contributed by atoms with Crippen LogP contribution in [0, 0.1) is 0 Å². The number of ether oxygens (including phenoxy) is 1.